The SMILES string of the molecule is COc1ccc(N2CC(C(=O)N3CCN(c4cc(N(C)C)cnn4)CC3)CC2=O)cc1. The van der Waals surface area contributed by atoms with E-state index in [4.69, 9.17) is 4.74 Å². The summed E-state index contributed by atoms with van der Waals surface area (Å²) < 4.78 is 5.18. The summed E-state index contributed by atoms with van der Waals surface area (Å²) >= 11 is 0. The summed E-state index contributed by atoms with van der Waals surface area (Å²) in [4.78, 5) is 33.3. The number of hydrogen-bond acceptors (Lipinski definition) is 7. The molecule has 0 bridgehead atoms. The molecular weight excluding hydrogens is 396 g/mol. The number of amides is 2. The van der Waals surface area contributed by atoms with Crippen molar-refractivity contribution in [1.82, 2.24) is 15.1 Å². The van der Waals surface area contributed by atoms with Crippen LogP contribution in [0.2, 0.25) is 0 Å². The summed E-state index contributed by atoms with van der Waals surface area (Å²) in [6, 6.07) is 9.36. The van der Waals surface area contributed by atoms with Crippen LogP contribution in [0.3, 0.4) is 0 Å². The molecule has 2 fully saturated rings. The van der Waals surface area contributed by atoms with Crippen molar-refractivity contribution >= 4 is 29.0 Å². The van der Waals surface area contributed by atoms with Crippen molar-refractivity contribution in [2.75, 3.05) is 68.6 Å². The van der Waals surface area contributed by atoms with Gasteiger partial charge in [0.1, 0.15) is 5.75 Å². The molecule has 2 aliphatic rings. The van der Waals surface area contributed by atoms with Crippen LogP contribution in [0.4, 0.5) is 17.2 Å². The molecule has 2 amide bonds. The Labute approximate surface area is 182 Å². The summed E-state index contributed by atoms with van der Waals surface area (Å²) in [6.07, 6.45) is 1.98. The highest BCUT2D eigenvalue weighted by Crippen LogP contribution is 2.28. The Morgan fingerprint density at radius 3 is 2.48 bits per heavy atom. The van der Waals surface area contributed by atoms with Gasteiger partial charge in [-0.3, -0.25) is 9.59 Å². The Kier molecular flexibility index (Phi) is 5.92. The third-order valence-corrected chi connectivity index (χ3v) is 5.92. The van der Waals surface area contributed by atoms with Crippen molar-refractivity contribution in [3.63, 3.8) is 0 Å². The molecule has 2 saturated heterocycles. The van der Waals surface area contributed by atoms with Gasteiger partial charge in [0.05, 0.1) is 24.9 Å². The molecule has 0 aliphatic carbocycles. The summed E-state index contributed by atoms with van der Waals surface area (Å²) in [5.41, 5.74) is 1.79. The Morgan fingerprint density at radius 1 is 1.13 bits per heavy atom. The molecular formula is C22H28N6O3. The molecule has 9 nitrogen and oxygen atoms in total. The van der Waals surface area contributed by atoms with Crippen LogP contribution < -0.4 is 19.4 Å². The van der Waals surface area contributed by atoms with Gasteiger partial charge in [0.15, 0.2) is 5.82 Å². The number of carbonyl (C=O) groups excluding carboxylic acids is 2. The minimum Gasteiger partial charge on any atom is -0.497 e. The van der Waals surface area contributed by atoms with Crippen LogP contribution in [0.15, 0.2) is 36.5 Å². The zero-order valence-corrected chi connectivity index (χ0v) is 18.2. The number of rotatable bonds is 5. The molecule has 1 aromatic carbocycles. The lowest BCUT2D eigenvalue weighted by molar-refractivity contribution is -0.136. The smallest absolute Gasteiger partial charge is 0.228 e. The fourth-order valence-electron chi connectivity index (χ4n) is 4.04. The summed E-state index contributed by atoms with van der Waals surface area (Å²) in [6.45, 7) is 3.03. The number of hydrogen-bond donors (Lipinski definition) is 0. The topological polar surface area (TPSA) is 82.1 Å². The van der Waals surface area contributed by atoms with Gasteiger partial charge < -0.3 is 24.3 Å². The van der Waals surface area contributed by atoms with Crippen molar-refractivity contribution in [3.8, 4) is 5.75 Å². The van der Waals surface area contributed by atoms with Gasteiger partial charge in [0.25, 0.3) is 0 Å². The van der Waals surface area contributed by atoms with E-state index in [0.717, 1.165) is 22.9 Å². The molecule has 9 heteroatoms. The van der Waals surface area contributed by atoms with Crippen LogP contribution in [-0.2, 0) is 9.59 Å². The predicted octanol–water partition coefficient (Wildman–Crippen LogP) is 1.25. The summed E-state index contributed by atoms with van der Waals surface area (Å²) in [7, 11) is 5.54. The van der Waals surface area contributed by atoms with E-state index in [0.29, 0.717) is 32.7 Å². The summed E-state index contributed by atoms with van der Waals surface area (Å²) in [5, 5.41) is 8.33. The van der Waals surface area contributed by atoms with E-state index in [9.17, 15) is 9.59 Å². The largest absolute Gasteiger partial charge is 0.497 e. The number of nitrogens with zero attached hydrogens (tertiary/aromatic N) is 6. The number of piperazine rings is 1. The molecule has 0 radical (unpaired) electrons. The van der Waals surface area contributed by atoms with E-state index >= 15 is 0 Å². The first-order chi connectivity index (χ1) is 15.0. The second-order valence-electron chi connectivity index (χ2n) is 8.08. The fourth-order valence-corrected chi connectivity index (χ4v) is 4.04. The van der Waals surface area contributed by atoms with E-state index in [1.54, 1.807) is 18.2 Å². The van der Waals surface area contributed by atoms with Gasteiger partial charge in [-0.05, 0) is 24.3 Å². The van der Waals surface area contributed by atoms with Crippen molar-refractivity contribution in [3.05, 3.63) is 36.5 Å². The number of anilines is 3. The van der Waals surface area contributed by atoms with Crippen LogP contribution in [-0.4, -0.2) is 80.8 Å². The van der Waals surface area contributed by atoms with Crippen LogP contribution in [0, 0.1) is 5.92 Å². The van der Waals surface area contributed by atoms with Gasteiger partial charge in [-0.2, -0.15) is 5.10 Å². The molecule has 2 aromatic rings. The van der Waals surface area contributed by atoms with Crippen LogP contribution in [0.25, 0.3) is 0 Å². The first-order valence-electron chi connectivity index (χ1n) is 10.4. The molecule has 3 heterocycles. The standard InChI is InChI=1S/C22H28N6O3/c1-25(2)18-13-20(24-23-14-18)26-8-10-27(11-9-26)22(30)16-12-21(29)28(15-16)17-4-6-19(31-3)7-5-17/h4-7,13-14,16H,8-12,15H2,1-3H3. The van der Waals surface area contributed by atoms with E-state index in [1.165, 1.54) is 0 Å². The molecule has 2 aliphatic heterocycles. The van der Waals surface area contributed by atoms with E-state index in [-0.39, 0.29) is 24.2 Å². The zero-order valence-electron chi connectivity index (χ0n) is 18.2. The van der Waals surface area contributed by atoms with Crippen LogP contribution in [0.5, 0.6) is 5.75 Å². The van der Waals surface area contributed by atoms with Gasteiger partial charge in [0.2, 0.25) is 11.8 Å². The minimum absolute atomic E-state index is 0.0158. The van der Waals surface area contributed by atoms with Crippen molar-refractivity contribution in [2.45, 2.75) is 6.42 Å². The van der Waals surface area contributed by atoms with Crippen LogP contribution in [0.1, 0.15) is 6.42 Å². The quantitative estimate of drug-likeness (QED) is 0.715. The molecule has 1 unspecified atom stereocenters. The van der Waals surface area contributed by atoms with E-state index < -0.39 is 0 Å². The molecule has 1 atom stereocenters. The lowest BCUT2D eigenvalue weighted by atomic mass is 10.1. The van der Waals surface area contributed by atoms with Gasteiger partial charge >= 0.3 is 0 Å². The average Bonchev–Trinajstić information content (AvgIpc) is 3.20. The van der Waals surface area contributed by atoms with Gasteiger partial charge in [0, 0.05) is 65.0 Å². The molecule has 0 saturated carbocycles. The number of benzene rings is 1. The highest BCUT2D eigenvalue weighted by atomic mass is 16.5. The third kappa shape index (κ3) is 4.40. The minimum atomic E-state index is -0.307. The van der Waals surface area contributed by atoms with Crippen LogP contribution >= 0.6 is 0 Å². The highest BCUT2D eigenvalue weighted by molar-refractivity contribution is 6.00. The van der Waals surface area contributed by atoms with E-state index in [1.807, 2.05) is 54.2 Å². The molecule has 0 N–H and O–H groups in total. The number of methoxy groups -OCH3 is 1. The van der Waals surface area contributed by atoms with Gasteiger partial charge in [-0.1, -0.05) is 0 Å². The average molecular weight is 425 g/mol. The highest BCUT2D eigenvalue weighted by Gasteiger charge is 2.38. The maximum Gasteiger partial charge on any atom is 0.228 e. The lowest BCUT2D eigenvalue weighted by Gasteiger charge is -2.36. The second-order valence-corrected chi connectivity index (χ2v) is 8.08. The normalized spacial score (nSPS) is 19.0. The molecule has 164 valence electrons. The second kappa shape index (κ2) is 8.79. The Balaban J connectivity index is 1.35. The fraction of sp³-hybridized carbons (Fsp3) is 0.455. The van der Waals surface area contributed by atoms with Crippen molar-refractivity contribution in [1.29, 1.82) is 0 Å². The molecule has 1 aromatic heterocycles. The van der Waals surface area contributed by atoms with Crippen molar-refractivity contribution in [2.24, 2.45) is 5.92 Å². The lowest BCUT2D eigenvalue weighted by Crippen LogP contribution is -2.51. The maximum atomic E-state index is 13.1. The van der Waals surface area contributed by atoms with E-state index in [2.05, 4.69) is 15.1 Å². The molecule has 0 spiro atoms. The monoisotopic (exact) mass is 424 g/mol. The molecule has 4 rings (SSSR count). The van der Waals surface area contributed by atoms with Gasteiger partial charge in [-0.15, -0.1) is 5.10 Å². The first kappa shape index (κ1) is 20.9. The van der Waals surface area contributed by atoms with Gasteiger partial charge in [-0.25, -0.2) is 0 Å². The third-order valence-electron chi connectivity index (χ3n) is 5.92. The number of carbonyl (C=O) groups is 2. The number of aromatic nitrogens is 2. The Bertz CT molecular complexity index is 941. The Hall–Kier alpha value is -3.36. The predicted molar refractivity (Wildman–Crippen MR) is 119 cm³/mol. The summed E-state index contributed by atoms with van der Waals surface area (Å²) in [5.74, 6) is 1.29. The van der Waals surface area contributed by atoms with Crippen molar-refractivity contribution < 1.29 is 14.3 Å². The zero-order chi connectivity index (χ0) is 22.0. The Morgan fingerprint density at radius 2 is 1.84 bits per heavy atom. The first-order valence-corrected chi connectivity index (χ1v) is 10.4. The maximum absolute atomic E-state index is 13.1. The molecule has 31 heavy (non-hydrogen) atoms. The number of ether oxygens (including phenoxy) is 1.